The third kappa shape index (κ3) is 3.46. The summed E-state index contributed by atoms with van der Waals surface area (Å²) in [7, 11) is 1.75. The lowest BCUT2D eigenvalue weighted by Gasteiger charge is -2.15. The van der Waals surface area contributed by atoms with Crippen molar-refractivity contribution in [2.24, 2.45) is 7.05 Å². The lowest BCUT2D eigenvalue weighted by Crippen LogP contribution is -2.47. The number of amides is 3. The molecule has 1 aliphatic rings. The van der Waals surface area contributed by atoms with Gasteiger partial charge in [-0.3, -0.25) is 14.8 Å². The van der Waals surface area contributed by atoms with Gasteiger partial charge in [0.05, 0.1) is 5.69 Å². The highest BCUT2D eigenvalue weighted by atomic mass is 16.2. The van der Waals surface area contributed by atoms with Crippen molar-refractivity contribution in [3.05, 3.63) is 11.8 Å². The maximum atomic E-state index is 11.9. The summed E-state index contributed by atoms with van der Waals surface area (Å²) in [5.74, 6) is 0.484. The highest BCUT2D eigenvalue weighted by molar-refractivity contribution is 5.93. The SMILES string of the molecule is Cc1cc(NC(=O)N[C@@H]2CCCCNC2=O)n(C)n1. The fourth-order valence-electron chi connectivity index (χ4n) is 2.12. The first-order valence-corrected chi connectivity index (χ1v) is 6.42. The minimum Gasteiger partial charge on any atom is -0.354 e. The lowest BCUT2D eigenvalue weighted by molar-refractivity contribution is -0.122. The first kappa shape index (κ1) is 13.4. The van der Waals surface area contributed by atoms with Gasteiger partial charge in [-0.2, -0.15) is 5.10 Å². The Morgan fingerprint density at radius 3 is 3.00 bits per heavy atom. The zero-order valence-corrected chi connectivity index (χ0v) is 11.2. The quantitative estimate of drug-likeness (QED) is 0.728. The molecule has 0 aliphatic carbocycles. The molecule has 0 spiro atoms. The Labute approximate surface area is 111 Å². The first-order chi connectivity index (χ1) is 9.06. The minimum absolute atomic E-state index is 0.117. The molecule has 1 aromatic rings. The van der Waals surface area contributed by atoms with Gasteiger partial charge in [0.1, 0.15) is 11.9 Å². The molecule has 1 saturated heterocycles. The molecule has 1 atom stereocenters. The number of carbonyl (C=O) groups is 2. The molecule has 0 bridgehead atoms. The van der Waals surface area contributed by atoms with Gasteiger partial charge in [-0.05, 0) is 26.2 Å². The highest BCUT2D eigenvalue weighted by Gasteiger charge is 2.22. The van der Waals surface area contributed by atoms with Gasteiger partial charge in [-0.25, -0.2) is 4.79 Å². The number of aryl methyl sites for hydroxylation is 2. The number of aromatic nitrogens is 2. The van der Waals surface area contributed by atoms with E-state index in [1.54, 1.807) is 17.8 Å². The zero-order valence-electron chi connectivity index (χ0n) is 11.2. The molecule has 0 unspecified atom stereocenters. The summed E-state index contributed by atoms with van der Waals surface area (Å²) in [6.07, 6.45) is 2.55. The molecule has 1 aliphatic heterocycles. The van der Waals surface area contributed by atoms with E-state index in [1.165, 1.54) is 0 Å². The lowest BCUT2D eigenvalue weighted by atomic mass is 10.1. The average Bonchev–Trinajstić information content (AvgIpc) is 2.53. The Kier molecular flexibility index (Phi) is 4.03. The number of urea groups is 1. The Hall–Kier alpha value is -2.05. The minimum atomic E-state index is -0.461. The van der Waals surface area contributed by atoms with Gasteiger partial charge in [0.15, 0.2) is 0 Å². The van der Waals surface area contributed by atoms with E-state index in [0.717, 1.165) is 18.5 Å². The maximum absolute atomic E-state index is 11.9. The van der Waals surface area contributed by atoms with Crippen LogP contribution in [0.3, 0.4) is 0 Å². The second-order valence-electron chi connectivity index (χ2n) is 4.73. The van der Waals surface area contributed by atoms with E-state index in [-0.39, 0.29) is 11.9 Å². The average molecular weight is 265 g/mol. The van der Waals surface area contributed by atoms with Crippen molar-refractivity contribution < 1.29 is 9.59 Å². The number of hydrogen-bond acceptors (Lipinski definition) is 3. The van der Waals surface area contributed by atoms with Gasteiger partial charge in [0.25, 0.3) is 0 Å². The second-order valence-corrected chi connectivity index (χ2v) is 4.73. The van der Waals surface area contributed by atoms with Crippen molar-refractivity contribution in [3.63, 3.8) is 0 Å². The first-order valence-electron chi connectivity index (χ1n) is 6.42. The molecule has 104 valence electrons. The summed E-state index contributed by atoms with van der Waals surface area (Å²) >= 11 is 0. The number of nitrogens with zero attached hydrogens (tertiary/aromatic N) is 2. The molecule has 1 aromatic heterocycles. The van der Waals surface area contributed by atoms with Crippen LogP contribution >= 0.6 is 0 Å². The van der Waals surface area contributed by atoms with E-state index in [0.29, 0.717) is 18.8 Å². The van der Waals surface area contributed by atoms with Gasteiger partial charge >= 0.3 is 6.03 Å². The van der Waals surface area contributed by atoms with Crippen LogP contribution in [0.15, 0.2) is 6.07 Å². The third-order valence-corrected chi connectivity index (χ3v) is 3.08. The van der Waals surface area contributed by atoms with Crippen molar-refractivity contribution in [1.82, 2.24) is 20.4 Å². The Bertz CT molecular complexity index is 482. The predicted octanol–water partition coefficient (Wildman–Crippen LogP) is 0.519. The monoisotopic (exact) mass is 265 g/mol. The van der Waals surface area contributed by atoms with E-state index in [2.05, 4.69) is 21.0 Å². The molecule has 0 aromatic carbocycles. The van der Waals surface area contributed by atoms with Crippen LogP contribution in [0.1, 0.15) is 25.0 Å². The molecule has 2 heterocycles. The van der Waals surface area contributed by atoms with E-state index >= 15 is 0 Å². The molecule has 0 saturated carbocycles. The van der Waals surface area contributed by atoms with Crippen molar-refractivity contribution in [1.29, 1.82) is 0 Å². The van der Waals surface area contributed by atoms with Crippen molar-refractivity contribution in [2.45, 2.75) is 32.2 Å². The molecule has 7 heteroatoms. The largest absolute Gasteiger partial charge is 0.354 e. The molecule has 0 radical (unpaired) electrons. The molecule has 3 amide bonds. The van der Waals surface area contributed by atoms with Crippen LogP contribution in [0, 0.1) is 6.92 Å². The molecule has 7 nitrogen and oxygen atoms in total. The van der Waals surface area contributed by atoms with E-state index < -0.39 is 6.04 Å². The topological polar surface area (TPSA) is 88.0 Å². The normalized spacial score (nSPS) is 19.5. The number of hydrogen-bond donors (Lipinski definition) is 3. The third-order valence-electron chi connectivity index (χ3n) is 3.08. The summed E-state index contributed by atoms with van der Waals surface area (Å²) in [4.78, 5) is 23.6. The molecular formula is C12H19N5O2. The van der Waals surface area contributed by atoms with Crippen molar-refractivity contribution in [2.75, 3.05) is 11.9 Å². The molecular weight excluding hydrogens is 246 g/mol. The van der Waals surface area contributed by atoms with Gasteiger partial charge < -0.3 is 10.6 Å². The molecule has 19 heavy (non-hydrogen) atoms. The number of rotatable bonds is 2. The van der Waals surface area contributed by atoms with Gasteiger partial charge in [0.2, 0.25) is 5.91 Å². The Morgan fingerprint density at radius 1 is 1.53 bits per heavy atom. The summed E-state index contributed by atoms with van der Waals surface area (Å²) in [5.41, 5.74) is 0.824. The van der Waals surface area contributed by atoms with Crippen LogP contribution in [-0.2, 0) is 11.8 Å². The molecule has 3 N–H and O–H groups in total. The molecule has 2 rings (SSSR count). The zero-order chi connectivity index (χ0) is 13.8. The van der Waals surface area contributed by atoms with Crippen LogP contribution in [0.2, 0.25) is 0 Å². The van der Waals surface area contributed by atoms with E-state index in [9.17, 15) is 9.59 Å². The van der Waals surface area contributed by atoms with Gasteiger partial charge in [0, 0.05) is 19.7 Å². The fourth-order valence-corrected chi connectivity index (χ4v) is 2.12. The van der Waals surface area contributed by atoms with Crippen molar-refractivity contribution in [3.8, 4) is 0 Å². The summed E-state index contributed by atoms with van der Waals surface area (Å²) in [5, 5.41) is 12.3. The van der Waals surface area contributed by atoms with Crippen LogP contribution in [0.25, 0.3) is 0 Å². The van der Waals surface area contributed by atoms with E-state index in [1.807, 2.05) is 6.92 Å². The van der Waals surface area contributed by atoms with Crippen molar-refractivity contribution >= 4 is 17.8 Å². The standard InChI is InChI=1S/C12H19N5O2/c1-8-7-10(17(2)16-8)15-12(19)14-9-5-3-4-6-13-11(9)18/h7,9H,3-6H2,1-2H3,(H,13,18)(H2,14,15,19)/t9-/m1/s1. The van der Waals surface area contributed by atoms with Gasteiger partial charge in [-0.15, -0.1) is 0 Å². The number of anilines is 1. The van der Waals surface area contributed by atoms with Gasteiger partial charge in [-0.1, -0.05) is 0 Å². The maximum Gasteiger partial charge on any atom is 0.321 e. The second kappa shape index (κ2) is 5.73. The highest BCUT2D eigenvalue weighted by Crippen LogP contribution is 2.09. The smallest absolute Gasteiger partial charge is 0.321 e. The summed E-state index contributed by atoms with van der Waals surface area (Å²) in [6, 6.07) is 0.925. The predicted molar refractivity (Wildman–Crippen MR) is 70.7 cm³/mol. The van der Waals surface area contributed by atoms with Crippen LogP contribution in [0.4, 0.5) is 10.6 Å². The number of carbonyl (C=O) groups excluding carboxylic acids is 2. The Balaban J connectivity index is 1.93. The summed E-state index contributed by atoms with van der Waals surface area (Å²) in [6.45, 7) is 2.53. The summed E-state index contributed by atoms with van der Waals surface area (Å²) < 4.78 is 1.59. The Morgan fingerprint density at radius 2 is 2.32 bits per heavy atom. The number of nitrogens with one attached hydrogen (secondary N) is 3. The van der Waals surface area contributed by atoms with Crippen LogP contribution in [0.5, 0.6) is 0 Å². The van der Waals surface area contributed by atoms with Crippen LogP contribution in [-0.4, -0.2) is 34.3 Å². The van der Waals surface area contributed by atoms with Crippen LogP contribution < -0.4 is 16.0 Å². The molecule has 1 fully saturated rings. The fraction of sp³-hybridized carbons (Fsp3) is 0.583. The van der Waals surface area contributed by atoms with E-state index in [4.69, 9.17) is 0 Å².